The third-order valence-electron chi connectivity index (χ3n) is 3.77. The Balaban J connectivity index is 1.73. The summed E-state index contributed by atoms with van der Waals surface area (Å²) >= 11 is 0. The van der Waals surface area contributed by atoms with Crippen LogP contribution < -0.4 is 10.6 Å². The molecular formula is C12H20N4O5. The van der Waals surface area contributed by atoms with Crippen LogP contribution in [0.25, 0.3) is 0 Å². The lowest BCUT2D eigenvalue weighted by Gasteiger charge is -2.34. The zero-order valence-corrected chi connectivity index (χ0v) is 11.6. The first-order chi connectivity index (χ1) is 9.95. The number of carboxylic acids is 2. The van der Waals surface area contributed by atoms with Gasteiger partial charge >= 0.3 is 18.0 Å². The molecule has 1 unspecified atom stereocenters. The molecule has 2 atom stereocenters. The Morgan fingerprint density at radius 1 is 1.14 bits per heavy atom. The molecule has 2 aliphatic rings. The molecule has 0 saturated carbocycles. The highest BCUT2D eigenvalue weighted by Crippen LogP contribution is 2.08. The van der Waals surface area contributed by atoms with Crippen molar-refractivity contribution < 1.29 is 24.6 Å². The zero-order valence-electron chi connectivity index (χ0n) is 11.6. The number of carboxylic acid groups (broad SMARTS) is 2. The fourth-order valence-electron chi connectivity index (χ4n) is 2.60. The minimum absolute atomic E-state index is 0.0116. The van der Waals surface area contributed by atoms with Crippen molar-refractivity contribution in [3.05, 3.63) is 0 Å². The molecule has 2 heterocycles. The lowest BCUT2D eigenvalue weighted by Crippen LogP contribution is -2.54. The van der Waals surface area contributed by atoms with Crippen molar-refractivity contribution >= 4 is 18.0 Å². The van der Waals surface area contributed by atoms with Crippen molar-refractivity contribution in [3.8, 4) is 0 Å². The van der Waals surface area contributed by atoms with Gasteiger partial charge in [0.1, 0.15) is 6.04 Å². The standard InChI is InChI=1S/C12H20N4O5/c17-10(18)7-15-1-3-16(4-2-15)12(21)14-8-5-9(11(19)20)13-6-8/h8-9,13H,1-7H2,(H,14,21)(H,17,18)(H,19,20)/t8-,9?/m1/s1. The fraction of sp³-hybridized carbons (Fsp3) is 0.750. The van der Waals surface area contributed by atoms with Crippen LogP contribution >= 0.6 is 0 Å². The van der Waals surface area contributed by atoms with Crippen LogP contribution in [-0.2, 0) is 9.59 Å². The lowest BCUT2D eigenvalue weighted by atomic mass is 10.2. The topological polar surface area (TPSA) is 122 Å². The van der Waals surface area contributed by atoms with E-state index in [1.165, 1.54) is 0 Å². The van der Waals surface area contributed by atoms with Crippen LogP contribution in [-0.4, -0.2) is 89.3 Å². The fourth-order valence-corrected chi connectivity index (χ4v) is 2.60. The van der Waals surface area contributed by atoms with Crippen LogP contribution in [0.1, 0.15) is 6.42 Å². The van der Waals surface area contributed by atoms with Crippen molar-refractivity contribution in [2.75, 3.05) is 39.3 Å². The molecule has 0 radical (unpaired) electrons. The van der Waals surface area contributed by atoms with Gasteiger partial charge in [-0.15, -0.1) is 0 Å². The maximum atomic E-state index is 12.1. The Hall–Kier alpha value is -1.87. The first kappa shape index (κ1) is 15.5. The average molecular weight is 300 g/mol. The van der Waals surface area contributed by atoms with E-state index in [1.54, 1.807) is 9.80 Å². The van der Waals surface area contributed by atoms with E-state index in [9.17, 15) is 14.4 Å². The van der Waals surface area contributed by atoms with E-state index in [-0.39, 0.29) is 18.6 Å². The lowest BCUT2D eigenvalue weighted by molar-refractivity contribution is -0.139. The summed E-state index contributed by atoms with van der Waals surface area (Å²) in [7, 11) is 0. The Morgan fingerprint density at radius 2 is 1.81 bits per heavy atom. The van der Waals surface area contributed by atoms with Crippen molar-refractivity contribution in [3.63, 3.8) is 0 Å². The molecule has 0 spiro atoms. The average Bonchev–Trinajstić information content (AvgIpc) is 2.87. The summed E-state index contributed by atoms with van der Waals surface area (Å²) < 4.78 is 0. The number of carbonyl (C=O) groups excluding carboxylic acids is 1. The van der Waals surface area contributed by atoms with Gasteiger partial charge in [0.15, 0.2) is 0 Å². The van der Waals surface area contributed by atoms with Gasteiger partial charge in [-0.3, -0.25) is 14.5 Å². The van der Waals surface area contributed by atoms with Gasteiger partial charge in [-0.2, -0.15) is 0 Å². The molecule has 2 fully saturated rings. The van der Waals surface area contributed by atoms with E-state index in [4.69, 9.17) is 10.2 Å². The molecule has 9 nitrogen and oxygen atoms in total. The van der Waals surface area contributed by atoms with E-state index in [1.807, 2.05) is 0 Å². The summed E-state index contributed by atoms with van der Waals surface area (Å²) in [5.41, 5.74) is 0. The number of rotatable bonds is 4. The SMILES string of the molecule is O=C(O)CN1CCN(C(=O)N[C@H]2CNC(C(=O)O)C2)CC1. The first-order valence-corrected chi connectivity index (χ1v) is 6.91. The van der Waals surface area contributed by atoms with Crippen LogP contribution in [0.4, 0.5) is 4.79 Å². The van der Waals surface area contributed by atoms with Crippen LogP contribution in [0.15, 0.2) is 0 Å². The predicted molar refractivity (Wildman–Crippen MR) is 72.0 cm³/mol. The molecule has 0 aromatic rings. The number of nitrogens with zero attached hydrogens (tertiary/aromatic N) is 2. The Kier molecular flexibility index (Phi) is 4.97. The third kappa shape index (κ3) is 4.30. The van der Waals surface area contributed by atoms with Crippen molar-refractivity contribution in [2.24, 2.45) is 0 Å². The highest BCUT2D eigenvalue weighted by Gasteiger charge is 2.31. The second kappa shape index (κ2) is 6.72. The molecule has 2 amide bonds. The van der Waals surface area contributed by atoms with Gasteiger partial charge in [0.25, 0.3) is 0 Å². The molecule has 2 rings (SSSR count). The molecule has 0 bridgehead atoms. The van der Waals surface area contributed by atoms with Crippen LogP contribution in [0.3, 0.4) is 0 Å². The summed E-state index contributed by atoms with van der Waals surface area (Å²) in [4.78, 5) is 36.9. The Labute approximate surface area is 121 Å². The van der Waals surface area contributed by atoms with Gasteiger partial charge in [0.05, 0.1) is 6.54 Å². The number of nitrogens with one attached hydrogen (secondary N) is 2. The number of hydrogen-bond acceptors (Lipinski definition) is 5. The molecule has 0 aliphatic carbocycles. The predicted octanol–water partition coefficient (Wildman–Crippen LogP) is -1.79. The molecule has 2 aliphatic heterocycles. The van der Waals surface area contributed by atoms with Crippen molar-refractivity contribution in [1.29, 1.82) is 0 Å². The summed E-state index contributed by atoms with van der Waals surface area (Å²) in [5.74, 6) is -1.78. The number of piperazine rings is 1. The van der Waals surface area contributed by atoms with Crippen LogP contribution in [0.5, 0.6) is 0 Å². The van der Waals surface area contributed by atoms with Crippen LogP contribution in [0, 0.1) is 0 Å². The van der Waals surface area contributed by atoms with Gasteiger partial charge < -0.3 is 25.7 Å². The third-order valence-corrected chi connectivity index (χ3v) is 3.77. The molecule has 4 N–H and O–H groups in total. The van der Waals surface area contributed by atoms with Gasteiger partial charge in [0.2, 0.25) is 0 Å². The largest absolute Gasteiger partial charge is 0.480 e. The van der Waals surface area contributed by atoms with E-state index in [2.05, 4.69) is 10.6 Å². The van der Waals surface area contributed by atoms with Crippen molar-refractivity contribution in [2.45, 2.75) is 18.5 Å². The Morgan fingerprint density at radius 3 is 2.33 bits per heavy atom. The summed E-state index contributed by atoms with van der Waals surface area (Å²) in [5, 5.41) is 23.2. The molecule has 0 aromatic heterocycles. The molecule has 118 valence electrons. The highest BCUT2D eigenvalue weighted by atomic mass is 16.4. The molecular weight excluding hydrogens is 280 g/mol. The molecule has 9 heteroatoms. The first-order valence-electron chi connectivity index (χ1n) is 6.91. The maximum Gasteiger partial charge on any atom is 0.320 e. The van der Waals surface area contributed by atoms with Gasteiger partial charge in [-0.1, -0.05) is 0 Å². The van der Waals surface area contributed by atoms with E-state index in [0.29, 0.717) is 39.1 Å². The maximum absolute atomic E-state index is 12.1. The van der Waals surface area contributed by atoms with E-state index < -0.39 is 18.0 Å². The van der Waals surface area contributed by atoms with Crippen LogP contribution in [0.2, 0.25) is 0 Å². The number of urea groups is 1. The number of hydrogen-bond donors (Lipinski definition) is 4. The quantitative estimate of drug-likeness (QED) is 0.484. The number of amides is 2. The van der Waals surface area contributed by atoms with Crippen molar-refractivity contribution in [1.82, 2.24) is 20.4 Å². The molecule has 2 saturated heterocycles. The number of carbonyl (C=O) groups is 3. The normalized spacial score (nSPS) is 26.6. The van der Waals surface area contributed by atoms with Gasteiger partial charge in [0, 0.05) is 38.8 Å². The minimum Gasteiger partial charge on any atom is -0.480 e. The zero-order chi connectivity index (χ0) is 15.4. The Bertz CT molecular complexity index is 422. The monoisotopic (exact) mass is 300 g/mol. The highest BCUT2D eigenvalue weighted by molar-refractivity contribution is 5.76. The summed E-state index contributed by atoms with van der Waals surface area (Å²) in [6.45, 7) is 2.44. The second-order valence-corrected chi connectivity index (χ2v) is 5.34. The smallest absolute Gasteiger partial charge is 0.320 e. The van der Waals surface area contributed by atoms with Gasteiger partial charge in [-0.25, -0.2) is 4.79 Å². The molecule has 21 heavy (non-hydrogen) atoms. The minimum atomic E-state index is -0.908. The summed E-state index contributed by atoms with van der Waals surface area (Å²) in [6.07, 6.45) is 0.375. The summed E-state index contributed by atoms with van der Waals surface area (Å²) in [6, 6.07) is -1.01. The molecule has 0 aromatic carbocycles. The van der Waals surface area contributed by atoms with Gasteiger partial charge in [-0.05, 0) is 6.42 Å². The second-order valence-electron chi connectivity index (χ2n) is 5.34. The number of aliphatic carboxylic acids is 2. The van der Waals surface area contributed by atoms with E-state index in [0.717, 1.165) is 0 Å². The van der Waals surface area contributed by atoms with E-state index >= 15 is 0 Å².